The highest BCUT2D eigenvalue weighted by Crippen LogP contribution is 2.24. The lowest BCUT2D eigenvalue weighted by Crippen LogP contribution is -2.01. The predicted molar refractivity (Wildman–Crippen MR) is 66.8 cm³/mol. The quantitative estimate of drug-likeness (QED) is 0.575. The first-order valence-corrected chi connectivity index (χ1v) is 5.75. The van der Waals surface area contributed by atoms with Crippen molar-refractivity contribution in [2.45, 2.75) is 33.1 Å². The third-order valence-electron chi connectivity index (χ3n) is 2.62. The molecule has 0 fully saturated rings. The second-order valence-corrected chi connectivity index (χ2v) is 4.11. The molecule has 0 atom stereocenters. The molecular weight excluding hydrogens is 202 g/mol. The van der Waals surface area contributed by atoms with Crippen LogP contribution < -0.4 is 10.5 Å². The van der Waals surface area contributed by atoms with E-state index in [1.807, 2.05) is 26.0 Å². The molecule has 0 unspecified atom stereocenters. The van der Waals surface area contributed by atoms with E-state index in [1.165, 1.54) is 0 Å². The second kappa shape index (κ2) is 6.38. The van der Waals surface area contributed by atoms with Gasteiger partial charge >= 0.3 is 0 Å². The first-order chi connectivity index (χ1) is 7.65. The van der Waals surface area contributed by atoms with Gasteiger partial charge in [0.25, 0.3) is 0 Å². The Morgan fingerprint density at radius 2 is 1.88 bits per heavy atom. The molecule has 1 rings (SSSR count). The van der Waals surface area contributed by atoms with Crippen molar-refractivity contribution >= 4 is 5.69 Å². The summed E-state index contributed by atoms with van der Waals surface area (Å²) < 4.78 is 5.66. The van der Waals surface area contributed by atoms with E-state index in [9.17, 15) is 0 Å². The average molecular weight is 223 g/mol. The minimum Gasteiger partial charge on any atom is -0.493 e. The third-order valence-corrected chi connectivity index (χ3v) is 2.62. The van der Waals surface area contributed by atoms with Crippen molar-refractivity contribution in [1.82, 2.24) is 0 Å². The van der Waals surface area contributed by atoms with Crippen LogP contribution in [0.15, 0.2) is 12.1 Å². The molecule has 16 heavy (non-hydrogen) atoms. The Morgan fingerprint density at radius 3 is 2.56 bits per heavy atom. The zero-order valence-electron chi connectivity index (χ0n) is 10.1. The van der Waals surface area contributed by atoms with E-state index in [2.05, 4.69) is 0 Å². The largest absolute Gasteiger partial charge is 0.493 e. The molecule has 0 aromatic heterocycles. The van der Waals surface area contributed by atoms with Crippen LogP contribution in [-0.2, 0) is 0 Å². The molecule has 0 saturated heterocycles. The molecule has 0 saturated carbocycles. The molecule has 0 aliphatic rings. The lowest BCUT2D eigenvalue weighted by Gasteiger charge is -2.11. The maximum absolute atomic E-state index is 8.64. The Balaban J connectivity index is 2.45. The highest BCUT2D eigenvalue weighted by molar-refractivity contribution is 5.54. The zero-order chi connectivity index (χ0) is 12.0. The van der Waals surface area contributed by atoms with Gasteiger partial charge in [-0.1, -0.05) is 6.07 Å². The maximum Gasteiger partial charge on any atom is 0.124 e. The Bertz CT molecular complexity index is 337. The van der Waals surface area contributed by atoms with Crippen molar-refractivity contribution in [3.63, 3.8) is 0 Å². The first-order valence-electron chi connectivity index (χ1n) is 5.75. The normalized spacial score (nSPS) is 10.4. The number of nitrogens with two attached hydrogens (primary N) is 1. The van der Waals surface area contributed by atoms with Crippen molar-refractivity contribution in [2.24, 2.45) is 0 Å². The van der Waals surface area contributed by atoms with Gasteiger partial charge in [0.1, 0.15) is 5.75 Å². The number of hydrogen-bond acceptors (Lipinski definition) is 3. The highest BCUT2D eigenvalue weighted by Gasteiger charge is 2.03. The van der Waals surface area contributed by atoms with E-state index in [1.54, 1.807) is 0 Å². The molecule has 0 bridgehead atoms. The van der Waals surface area contributed by atoms with E-state index in [0.717, 1.165) is 41.8 Å². The van der Waals surface area contributed by atoms with E-state index in [4.69, 9.17) is 15.6 Å². The van der Waals surface area contributed by atoms with Crippen molar-refractivity contribution in [3.8, 4) is 5.75 Å². The molecule has 3 N–H and O–H groups in total. The van der Waals surface area contributed by atoms with Gasteiger partial charge in [-0.3, -0.25) is 0 Å². The molecular formula is C13H21NO2. The SMILES string of the molecule is Cc1cc(C)c(OCCCCCO)cc1N. The Labute approximate surface area is 97.2 Å². The Hall–Kier alpha value is -1.22. The van der Waals surface area contributed by atoms with Gasteiger partial charge in [-0.25, -0.2) is 0 Å². The Morgan fingerprint density at radius 1 is 1.12 bits per heavy atom. The summed E-state index contributed by atoms with van der Waals surface area (Å²) in [5.74, 6) is 0.868. The summed E-state index contributed by atoms with van der Waals surface area (Å²) in [6.45, 7) is 4.96. The van der Waals surface area contributed by atoms with Crippen LogP contribution in [0, 0.1) is 13.8 Å². The number of nitrogen functional groups attached to an aromatic ring is 1. The first kappa shape index (κ1) is 12.8. The van der Waals surface area contributed by atoms with Gasteiger partial charge in [0.15, 0.2) is 0 Å². The molecule has 0 heterocycles. The van der Waals surface area contributed by atoms with E-state index in [-0.39, 0.29) is 6.61 Å². The van der Waals surface area contributed by atoms with Crippen LogP contribution in [0.2, 0.25) is 0 Å². The lowest BCUT2D eigenvalue weighted by molar-refractivity contribution is 0.265. The van der Waals surface area contributed by atoms with E-state index < -0.39 is 0 Å². The maximum atomic E-state index is 8.64. The van der Waals surface area contributed by atoms with Crippen LogP contribution in [0.1, 0.15) is 30.4 Å². The van der Waals surface area contributed by atoms with Crippen molar-refractivity contribution in [2.75, 3.05) is 18.9 Å². The standard InChI is InChI=1S/C13H21NO2/c1-10-8-11(2)13(9-12(10)14)16-7-5-3-4-6-15/h8-9,15H,3-7,14H2,1-2H3. The summed E-state index contributed by atoms with van der Waals surface area (Å²) in [6.07, 6.45) is 2.81. The van der Waals surface area contributed by atoms with Crippen LogP contribution in [0.25, 0.3) is 0 Å². The molecule has 3 nitrogen and oxygen atoms in total. The molecule has 0 spiro atoms. The van der Waals surface area contributed by atoms with Gasteiger partial charge in [-0.05, 0) is 44.2 Å². The number of aryl methyl sites for hydroxylation is 2. The summed E-state index contributed by atoms with van der Waals surface area (Å²) in [4.78, 5) is 0. The van der Waals surface area contributed by atoms with Crippen LogP contribution in [0.4, 0.5) is 5.69 Å². The van der Waals surface area contributed by atoms with Crippen molar-refractivity contribution < 1.29 is 9.84 Å². The number of rotatable bonds is 6. The van der Waals surface area contributed by atoms with E-state index in [0.29, 0.717) is 6.61 Å². The molecule has 90 valence electrons. The van der Waals surface area contributed by atoms with Crippen LogP contribution in [0.3, 0.4) is 0 Å². The number of unbranched alkanes of at least 4 members (excludes halogenated alkanes) is 2. The molecule has 1 aromatic rings. The monoisotopic (exact) mass is 223 g/mol. The fraction of sp³-hybridized carbons (Fsp3) is 0.538. The average Bonchev–Trinajstić information content (AvgIpc) is 2.25. The van der Waals surface area contributed by atoms with Crippen molar-refractivity contribution in [1.29, 1.82) is 0 Å². The van der Waals surface area contributed by atoms with Gasteiger partial charge in [-0.15, -0.1) is 0 Å². The summed E-state index contributed by atoms with van der Waals surface area (Å²) in [5.41, 5.74) is 8.81. The minimum absolute atomic E-state index is 0.260. The molecule has 0 radical (unpaired) electrons. The Kier molecular flexibility index (Phi) is 5.12. The lowest BCUT2D eigenvalue weighted by atomic mass is 10.1. The number of ether oxygens (including phenoxy) is 1. The summed E-state index contributed by atoms with van der Waals surface area (Å²) in [7, 11) is 0. The number of hydrogen-bond donors (Lipinski definition) is 2. The molecule has 0 aliphatic heterocycles. The van der Waals surface area contributed by atoms with Crippen molar-refractivity contribution in [3.05, 3.63) is 23.3 Å². The van der Waals surface area contributed by atoms with E-state index >= 15 is 0 Å². The predicted octanol–water partition coefficient (Wildman–Crippen LogP) is 2.43. The fourth-order valence-corrected chi connectivity index (χ4v) is 1.58. The van der Waals surface area contributed by atoms with Crippen LogP contribution in [-0.4, -0.2) is 18.3 Å². The summed E-state index contributed by atoms with van der Waals surface area (Å²) >= 11 is 0. The number of benzene rings is 1. The number of aliphatic hydroxyl groups is 1. The summed E-state index contributed by atoms with van der Waals surface area (Å²) in [5, 5.41) is 8.64. The number of aliphatic hydroxyl groups excluding tert-OH is 1. The molecule has 0 amide bonds. The molecule has 0 aliphatic carbocycles. The highest BCUT2D eigenvalue weighted by atomic mass is 16.5. The fourth-order valence-electron chi connectivity index (χ4n) is 1.58. The van der Waals surface area contributed by atoms with Gasteiger partial charge in [0.2, 0.25) is 0 Å². The smallest absolute Gasteiger partial charge is 0.124 e. The van der Waals surface area contributed by atoms with Gasteiger partial charge in [0, 0.05) is 18.4 Å². The minimum atomic E-state index is 0.260. The summed E-state index contributed by atoms with van der Waals surface area (Å²) in [6, 6.07) is 3.93. The topological polar surface area (TPSA) is 55.5 Å². The third kappa shape index (κ3) is 3.74. The van der Waals surface area contributed by atoms with Gasteiger partial charge in [0.05, 0.1) is 6.61 Å². The van der Waals surface area contributed by atoms with Gasteiger partial charge in [-0.2, -0.15) is 0 Å². The number of anilines is 1. The molecule has 1 aromatic carbocycles. The van der Waals surface area contributed by atoms with Gasteiger partial charge < -0.3 is 15.6 Å². The zero-order valence-corrected chi connectivity index (χ0v) is 10.1. The second-order valence-electron chi connectivity index (χ2n) is 4.11. The van der Waals surface area contributed by atoms with Crippen LogP contribution >= 0.6 is 0 Å². The molecule has 3 heteroatoms. The van der Waals surface area contributed by atoms with Crippen LogP contribution in [0.5, 0.6) is 5.75 Å².